The number of amides is 1. The number of hydrogen-bond acceptors (Lipinski definition) is 14. The summed E-state index contributed by atoms with van der Waals surface area (Å²) in [6.07, 6.45) is -15.0. The lowest BCUT2D eigenvalue weighted by Crippen LogP contribution is -2.64. The lowest BCUT2D eigenvalue weighted by atomic mass is 9.98. The fourth-order valence-corrected chi connectivity index (χ4v) is 3.45. The molecule has 0 bridgehead atoms. The Morgan fingerprint density at radius 1 is 0.794 bits per heavy atom. The van der Waals surface area contributed by atoms with Crippen molar-refractivity contribution in [3.63, 3.8) is 0 Å². The first-order valence-electron chi connectivity index (χ1n) is 10.4. The van der Waals surface area contributed by atoms with Gasteiger partial charge in [-0.15, -0.1) is 0 Å². The quantitative estimate of drug-likeness (QED) is 0.119. The third-order valence-electron chi connectivity index (χ3n) is 5.62. The van der Waals surface area contributed by atoms with E-state index >= 15 is 0 Å². The standard InChI is InChI=1S/C19H33NO14/c1-2-10(24)20-19(5-23,6-31-17-15(29)13(27)11(25)8(3-21)33-17)7-32-18-16(30)14(28)12(26)9(4-22)34-18/h2,8-9,11-18,21-23,25-30H,1,3-7H2,(H,20,24)/t8-,9-,11-,12-,13+,14+,15-,16-,17-,18-/m1/s1. The maximum atomic E-state index is 12.0. The van der Waals surface area contributed by atoms with E-state index in [1.54, 1.807) is 0 Å². The highest BCUT2D eigenvalue weighted by Crippen LogP contribution is 2.25. The molecular weight excluding hydrogens is 466 g/mol. The molecule has 10 N–H and O–H groups in total. The molecule has 34 heavy (non-hydrogen) atoms. The summed E-state index contributed by atoms with van der Waals surface area (Å²) >= 11 is 0. The Bertz CT molecular complexity index is 623. The molecule has 10 atom stereocenters. The molecule has 198 valence electrons. The number of carbonyl (C=O) groups is 1. The predicted molar refractivity (Wildman–Crippen MR) is 108 cm³/mol. The van der Waals surface area contributed by atoms with E-state index < -0.39 is 106 Å². The Kier molecular flexibility index (Phi) is 10.7. The van der Waals surface area contributed by atoms with E-state index in [0.29, 0.717) is 0 Å². The molecule has 0 saturated carbocycles. The Balaban J connectivity index is 2.14. The molecule has 2 rings (SSSR count). The second-order valence-corrected chi connectivity index (χ2v) is 8.15. The van der Waals surface area contributed by atoms with Gasteiger partial charge in [-0.3, -0.25) is 4.79 Å². The van der Waals surface area contributed by atoms with Crippen LogP contribution in [0.1, 0.15) is 0 Å². The molecule has 2 aliphatic heterocycles. The van der Waals surface area contributed by atoms with E-state index in [9.17, 15) is 50.8 Å². The summed E-state index contributed by atoms with van der Waals surface area (Å²) in [4.78, 5) is 12.0. The molecule has 0 aliphatic carbocycles. The van der Waals surface area contributed by atoms with Gasteiger partial charge in [-0.05, 0) is 6.08 Å². The van der Waals surface area contributed by atoms with Crippen LogP contribution in [-0.4, -0.2) is 152 Å². The number of nitrogens with one attached hydrogen (secondary N) is 1. The van der Waals surface area contributed by atoms with Crippen LogP contribution in [0.25, 0.3) is 0 Å². The minimum Gasteiger partial charge on any atom is -0.394 e. The third-order valence-corrected chi connectivity index (χ3v) is 5.62. The monoisotopic (exact) mass is 499 g/mol. The van der Waals surface area contributed by atoms with Crippen LogP contribution in [0.4, 0.5) is 0 Å². The van der Waals surface area contributed by atoms with Crippen LogP contribution in [0.3, 0.4) is 0 Å². The molecule has 2 saturated heterocycles. The molecule has 2 heterocycles. The van der Waals surface area contributed by atoms with Gasteiger partial charge in [0.2, 0.25) is 5.91 Å². The van der Waals surface area contributed by atoms with E-state index in [4.69, 9.17) is 18.9 Å². The van der Waals surface area contributed by atoms with Crippen molar-refractivity contribution in [2.45, 2.75) is 67.0 Å². The molecule has 0 aromatic heterocycles. The highest BCUT2D eigenvalue weighted by atomic mass is 16.7. The summed E-state index contributed by atoms with van der Waals surface area (Å²) in [5.41, 5.74) is -1.77. The number of carbonyl (C=O) groups excluding carboxylic acids is 1. The fraction of sp³-hybridized carbons (Fsp3) is 0.842. The summed E-state index contributed by atoms with van der Waals surface area (Å²) in [5.74, 6) is -0.774. The summed E-state index contributed by atoms with van der Waals surface area (Å²) < 4.78 is 21.3. The van der Waals surface area contributed by atoms with Crippen molar-refractivity contribution in [2.24, 2.45) is 0 Å². The molecule has 15 heteroatoms. The summed E-state index contributed by atoms with van der Waals surface area (Å²) in [6.45, 7) is -0.186. The van der Waals surface area contributed by atoms with Crippen LogP contribution < -0.4 is 5.32 Å². The van der Waals surface area contributed by atoms with Crippen molar-refractivity contribution in [2.75, 3.05) is 33.0 Å². The Hall–Kier alpha value is -1.31. The van der Waals surface area contributed by atoms with Crippen LogP contribution in [0.2, 0.25) is 0 Å². The normalized spacial score (nSPS) is 39.0. The first kappa shape index (κ1) is 28.9. The van der Waals surface area contributed by atoms with E-state index in [1.807, 2.05) is 0 Å². The van der Waals surface area contributed by atoms with Gasteiger partial charge >= 0.3 is 0 Å². The number of aliphatic hydroxyl groups excluding tert-OH is 9. The Morgan fingerprint density at radius 2 is 1.21 bits per heavy atom. The van der Waals surface area contributed by atoms with Crippen molar-refractivity contribution < 1.29 is 69.7 Å². The molecule has 0 radical (unpaired) electrons. The highest BCUT2D eigenvalue weighted by molar-refractivity contribution is 5.87. The van der Waals surface area contributed by atoms with Gasteiger partial charge in [0, 0.05) is 0 Å². The molecule has 15 nitrogen and oxygen atoms in total. The van der Waals surface area contributed by atoms with Gasteiger partial charge in [-0.25, -0.2) is 0 Å². The van der Waals surface area contributed by atoms with Crippen molar-refractivity contribution in [3.8, 4) is 0 Å². The second kappa shape index (κ2) is 12.6. The number of ether oxygens (including phenoxy) is 4. The average Bonchev–Trinajstić information content (AvgIpc) is 2.84. The lowest BCUT2D eigenvalue weighted by Gasteiger charge is -2.43. The first-order valence-corrected chi connectivity index (χ1v) is 10.4. The SMILES string of the molecule is C=CC(=O)NC(CO)(CO[C@@H]1O[C@H](CO)[C@@H](O)[C@H](O)[C@H]1O)CO[C@@H]1O[C@H](CO)[C@@H](O)[C@H](O)[C@H]1O. The van der Waals surface area contributed by atoms with Gasteiger partial charge in [-0.1, -0.05) is 6.58 Å². The zero-order valence-electron chi connectivity index (χ0n) is 18.2. The van der Waals surface area contributed by atoms with Crippen molar-refractivity contribution in [1.82, 2.24) is 5.32 Å². The van der Waals surface area contributed by atoms with Crippen LogP contribution in [0, 0.1) is 0 Å². The van der Waals surface area contributed by atoms with Crippen LogP contribution in [-0.2, 0) is 23.7 Å². The largest absolute Gasteiger partial charge is 0.394 e. The maximum Gasteiger partial charge on any atom is 0.244 e. The zero-order valence-corrected chi connectivity index (χ0v) is 18.2. The van der Waals surface area contributed by atoms with Crippen LogP contribution >= 0.6 is 0 Å². The van der Waals surface area contributed by atoms with E-state index in [2.05, 4.69) is 11.9 Å². The summed E-state index contributed by atoms with van der Waals surface area (Å²) in [7, 11) is 0. The minimum atomic E-state index is -1.77. The van der Waals surface area contributed by atoms with Crippen molar-refractivity contribution in [3.05, 3.63) is 12.7 Å². The van der Waals surface area contributed by atoms with Crippen LogP contribution in [0.5, 0.6) is 0 Å². The third kappa shape index (κ3) is 6.46. The van der Waals surface area contributed by atoms with Gasteiger partial charge < -0.3 is 70.2 Å². The molecule has 0 aromatic rings. The Labute approximate surface area is 194 Å². The first-order chi connectivity index (χ1) is 16.0. The molecule has 0 spiro atoms. The van der Waals surface area contributed by atoms with E-state index in [1.165, 1.54) is 0 Å². The van der Waals surface area contributed by atoms with Gasteiger partial charge in [-0.2, -0.15) is 0 Å². The highest BCUT2D eigenvalue weighted by Gasteiger charge is 2.47. The van der Waals surface area contributed by atoms with Gasteiger partial charge in [0.05, 0.1) is 33.0 Å². The molecular formula is C19H33NO14. The smallest absolute Gasteiger partial charge is 0.244 e. The van der Waals surface area contributed by atoms with Crippen LogP contribution in [0.15, 0.2) is 12.7 Å². The molecule has 1 amide bonds. The lowest BCUT2D eigenvalue weighted by molar-refractivity contribution is -0.315. The van der Waals surface area contributed by atoms with Gasteiger partial charge in [0.25, 0.3) is 0 Å². The Morgan fingerprint density at radius 3 is 1.53 bits per heavy atom. The number of rotatable bonds is 11. The molecule has 0 aromatic carbocycles. The number of aliphatic hydroxyl groups is 9. The topological polar surface area (TPSA) is 248 Å². The summed E-state index contributed by atoms with van der Waals surface area (Å²) in [6, 6.07) is 0. The van der Waals surface area contributed by atoms with Gasteiger partial charge in [0.15, 0.2) is 12.6 Å². The molecule has 0 unspecified atom stereocenters. The summed E-state index contributed by atoms with van der Waals surface area (Å²) in [5, 5.41) is 90.8. The zero-order chi connectivity index (χ0) is 25.6. The van der Waals surface area contributed by atoms with Crippen molar-refractivity contribution >= 4 is 5.91 Å². The second-order valence-electron chi connectivity index (χ2n) is 8.15. The van der Waals surface area contributed by atoms with Crippen molar-refractivity contribution in [1.29, 1.82) is 0 Å². The molecule has 2 fully saturated rings. The number of hydrogen-bond donors (Lipinski definition) is 10. The van der Waals surface area contributed by atoms with E-state index in [0.717, 1.165) is 6.08 Å². The van der Waals surface area contributed by atoms with E-state index in [-0.39, 0.29) is 0 Å². The minimum absolute atomic E-state index is 0.622. The predicted octanol–water partition coefficient (Wildman–Crippen LogP) is -6.35. The molecule has 2 aliphatic rings. The maximum absolute atomic E-state index is 12.0. The van der Waals surface area contributed by atoms with Gasteiger partial charge in [0.1, 0.15) is 54.4 Å². The fourth-order valence-electron chi connectivity index (χ4n) is 3.45. The average molecular weight is 499 g/mol.